The van der Waals surface area contributed by atoms with E-state index in [1.54, 1.807) is 4.90 Å². The number of urea groups is 1. The maximum absolute atomic E-state index is 12.2. The van der Waals surface area contributed by atoms with Gasteiger partial charge in [0.2, 0.25) is 5.91 Å². The summed E-state index contributed by atoms with van der Waals surface area (Å²) in [4.78, 5) is 26.0. The Labute approximate surface area is 142 Å². The average Bonchev–Trinajstić information content (AvgIpc) is 3.44. The van der Waals surface area contributed by atoms with Gasteiger partial charge in [-0.1, -0.05) is 24.3 Å². The van der Waals surface area contributed by atoms with Gasteiger partial charge >= 0.3 is 6.03 Å². The van der Waals surface area contributed by atoms with Gasteiger partial charge in [-0.3, -0.25) is 4.79 Å². The van der Waals surface area contributed by atoms with Gasteiger partial charge in [0.15, 0.2) is 0 Å². The molecule has 6 heteroatoms. The molecule has 1 aliphatic heterocycles. The van der Waals surface area contributed by atoms with Crippen molar-refractivity contribution in [3.63, 3.8) is 0 Å². The van der Waals surface area contributed by atoms with Crippen LogP contribution in [0.2, 0.25) is 0 Å². The van der Waals surface area contributed by atoms with E-state index in [-0.39, 0.29) is 18.0 Å². The van der Waals surface area contributed by atoms with Crippen molar-refractivity contribution >= 4 is 11.9 Å². The first-order chi connectivity index (χ1) is 11.7. The number of carbonyl (C=O) groups excluding carboxylic acids is 2. The van der Waals surface area contributed by atoms with Crippen molar-refractivity contribution in [2.75, 3.05) is 19.6 Å². The Kier molecular flexibility index (Phi) is 5.35. The zero-order valence-corrected chi connectivity index (χ0v) is 14.0. The lowest BCUT2D eigenvalue weighted by Gasteiger charge is -2.29. The molecule has 0 bridgehead atoms. The molecule has 0 saturated heterocycles. The van der Waals surface area contributed by atoms with Crippen LogP contribution < -0.4 is 16.4 Å². The molecular formula is C18H26N4O2. The fraction of sp³-hybridized carbons (Fsp3) is 0.556. The maximum atomic E-state index is 12.2. The number of hydrogen-bond donors (Lipinski definition) is 3. The van der Waals surface area contributed by atoms with E-state index in [2.05, 4.69) is 22.8 Å². The summed E-state index contributed by atoms with van der Waals surface area (Å²) < 4.78 is 0. The van der Waals surface area contributed by atoms with E-state index in [9.17, 15) is 9.59 Å². The van der Waals surface area contributed by atoms with Gasteiger partial charge in [-0.25, -0.2) is 4.79 Å². The number of rotatable bonds is 6. The van der Waals surface area contributed by atoms with Gasteiger partial charge in [-0.05, 0) is 36.3 Å². The highest BCUT2D eigenvalue weighted by Crippen LogP contribution is 2.32. The van der Waals surface area contributed by atoms with Crippen molar-refractivity contribution < 1.29 is 9.59 Å². The van der Waals surface area contributed by atoms with Crippen LogP contribution in [0.5, 0.6) is 0 Å². The summed E-state index contributed by atoms with van der Waals surface area (Å²) in [6.07, 6.45) is 3.47. The third-order valence-corrected chi connectivity index (χ3v) is 4.84. The van der Waals surface area contributed by atoms with Crippen LogP contribution >= 0.6 is 0 Å². The van der Waals surface area contributed by atoms with Gasteiger partial charge in [0.1, 0.15) is 0 Å². The highest BCUT2D eigenvalue weighted by atomic mass is 16.2. The van der Waals surface area contributed by atoms with Crippen molar-refractivity contribution in [1.82, 2.24) is 15.5 Å². The molecule has 1 atom stereocenters. The Morgan fingerprint density at radius 3 is 2.71 bits per heavy atom. The topological polar surface area (TPSA) is 87.5 Å². The summed E-state index contributed by atoms with van der Waals surface area (Å²) in [5, 5.41) is 5.81. The molecule has 1 unspecified atom stereocenters. The third kappa shape index (κ3) is 4.26. The molecule has 1 saturated carbocycles. The lowest BCUT2D eigenvalue weighted by atomic mass is 10.0. The molecule has 0 aromatic heterocycles. The third-order valence-electron chi connectivity index (χ3n) is 4.84. The summed E-state index contributed by atoms with van der Waals surface area (Å²) in [7, 11) is 0. The fourth-order valence-corrected chi connectivity index (χ4v) is 3.21. The zero-order valence-electron chi connectivity index (χ0n) is 14.0. The number of carbonyl (C=O) groups is 2. The molecule has 130 valence electrons. The molecular weight excluding hydrogens is 304 g/mol. The molecule has 0 spiro atoms. The number of nitrogens with one attached hydrogen (secondary N) is 2. The summed E-state index contributed by atoms with van der Waals surface area (Å²) in [6, 6.07) is 8.19. The molecule has 1 aliphatic carbocycles. The molecule has 3 rings (SSSR count). The van der Waals surface area contributed by atoms with E-state index < -0.39 is 0 Å². The minimum atomic E-state index is -0.102. The monoisotopic (exact) mass is 330 g/mol. The lowest BCUT2D eigenvalue weighted by molar-refractivity contribution is -0.121. The van der Waals surface area contributed by atoms with Crippen molar-refractivity contribution in [2.24, 2.45) is 11.7 Å². The summed E-state index contributed by atoms with van der Waals surface area (Å²) >= 11 is 0. The predicted octanol–water partition coefficient (Wildman–Crippen LogP) is 0.998. The normalized spacial score (nSPS) is 17.8. The molecule has 1 fully saturated rings. The second kappa shape index (κ2) is 7.66. The Morgan fingerprint density at radius 1 is 1.25 bits per heavy atom. The maximum Gasteiger partial charge on any atom is 0.317 e. The molecule has 1 aromatic rings. The fourth-order valence-electron chi connectivity index (χ4n) is 3.21. The number of benzene rings is 1. The van der Waals surface area contributed by atoms with Crippen LogP contribution in [0.3, 0.4) is 0 Å². The number of fused-ring (bicyclic) bond motifs is 1. The Hall–Kier alpha value is -2.08. The summed E-state index contributed by atoms with van der Waals surface area (Å²) in [5.41, 5.74) is 8.20. The molecule has 24 heavy (non-hydrogen) atoms. The van der Waals surface area contributed by atoms with E-state index in [1.807, 2.05) is 12.1 Å². The molecule has 0 radical (unpaired) electrons. The van der Waals surface area contributed by atoms with Crippen LogP contribution in [0, 0.1) is 5.92 Å². The predicted molar refractivity (Wildman–Crippen MR) is 92.3 cm³/mol. The molecule has 1 aromatic carbocycles. The van der Waals surface area contributed by atoms with Gasteiger partial charge in [-0.15, -0.1) is 0 Å². The van der Waals surface area contributed by atoms with Gasteiger partial charge in [0.05, 0.1) is 0 Å². The first-order valence-electron chi connectivity index (χ1n) is 8.76. The standard InChI is InChI=1S/C18H26N4O2/c19-11-16(14-5-6-14)21-17(23)7-9-20-18(24)22-10-8-13-3-1-2-4-15(13)12-22/h1-4,14,16H,5-12,19H2,(H,20,24)(H,21,23). The second-order valence-corrected chi connectivity index (χ2v) is 6.67. The van der Waals surface area contributed by atoms with E-state index in [4.69, 9.17) is 5.73 Å². The van der Waals surface area contributed by atoms with Crippen LogP contribution in [-0.4, -0.2) is 42.5 Å². The Bertz CT molecular complexity index is 600. The highest BCUT2D eigenvalue weighted by Gasteiger charge is 2.31. The SMILES string of the molecule is NCC(NC(=O)CCNC(=O)N1CCc2ccccc2C1)C1CC1. The zero-order chi connectivity index (χ0) is 16.9. The van der Waals surface area contributed by atoms with Crippen molar-refractivity contribution in [1.29, 1.82) is 0 Å². The Balaban J connectivity index is 1.39. The van der Waals surface area contributed by atoms with E-state index in [0.717, 1.165) is 19.3 Å². The van der Waals surface area contributed by atoms with Gasteiger partial charge in [0.25, 0.3) is 0 Å². The van der Waals surface area contributed by atoms with Gasteiger partial charge in [-0.2, -0.15) is 0 Å². The minimum absolute atomic E-state index is 0.0401. The average molecular weight is 330 g/mol. The second-order valence-electron chi connectivity index (χ2n) is 6.67. The van der Waals surface area contributed by atoms with Gasteiger partial charge in [0, 0.05) is 38.6 Å². The molecule has 2 aliphatic rings. The quantitative estimate of drug-likeness (QED) is 0.727. The van der Waals surface area contributed by atoms with E-state index in [1.165, 1.54) is 11.1 Å². The van der Waals surface area contributed by atoms with Crippen LogP contribution in [0.4, 0.5) is 4.79 Å². The first-order valence-corrected chi connectivity index (χ1v) is 8.76. The number of nitrogens with zero attached hydrogens (tertiary/aromatic N) is 1. The van der Waals surface area contributed by atoms with Crippen LogP contribution in [0.15, 0.2) is 24.3 Å². The smallest absolute Gasteiger partial charge is 0.317 e. The summed E-state index contributed by atoms with van der Waals surface area (Å²) in [6.45, 7) is 2.18. The molecule has 1 heterocycles. The minimum Gasteiger partial charge on any atom is -0.352 e. The number of nitrogens with two attached hydrogens (primary N) is 1. The van der Waals surface area contributed by atoms with Gasteiger partial charge < -0.3 is 21.3 Å². The van der Waals surface area contributed by atoms with Crippen LogP contribution in [0.1, 0.15) is 30.4 Å². The first kappa shape index (κ1) is 16.8. The van der Waals surface area contributed by atoms with Crippen LogP contribution in [-0.2, 0) is 17.8 Å². The van der Waals surface area contributed by atoms with Crippen LogP contribution in [0.25, 0.3) is 0 Å². The molecule has 3 amide bonds. The van der Waals surface area contributed by atoms with Crippen molar-refractivity contribution in [3.05, 3.63) is 35.4 Å². The Morgan fingerprint density at radius 2 is 2.00 bits per heavy atom. The lowest BCUT2D eigenvalue weighted by Crippen LogP contribution is -2.45. The van der Waals surface area contributed by atoms with Crippen molar-refractivity contribution in [3.8, 4) is 0 Å². The van der Waals surface area contributed by atoms with E-state index >= 15 is 0 Å². The summed E-state index contributed by atoms with van der Waals surface area (Å²) in [5.74, 6) is 0.503. The number of hydrogen-bond acceptors (Lipinski definition) is 3. The highest BCUT2D eigenvalue weighted by molar-refractivity contribution is 5.78. The number of amides is 3. The molecule has 4 N–H and O–H groups in total. The largest absolute Gasteiger partial charge is 0.352 e. The van der Waals surface area contributed by atoms with E-state index in [0.29, 0.717) is 38.5 Å². The molecule has 6 nitrogen and oxygen atoms in total. The van der Waals surface area contributed by atoms with Crippen molar-refractivity contribution in [2.45, 2.75) is 38.3 Å².